The van der Waals surface area contributed by atoms with Crippen molar-refractivity contribution in [2.75, 3.05) is 12.4 Å². The topological polar surface area (TPSA) is 107 Å². The summed E-state index contributed by atoms with van der Waals surface area (Å²) in [4.78, 5) is 25.7. The summed E-state index contributed by atoms with van der Waals surface area (Å²) in [6, 6.07) is 8.83. The summed E-state index contributed by atoms with van der Waals surface area (Å²) in [5.74, 6) is 0.158. The van der Waals surface area contributed by atoms with E-state index in [1.165, 1.54) is 11.3 Å². The Hall–Kier alpha value is -3.13. The van der Waals surface area contributed by atoms with Crippen LogP contribution in [0, 0.1) is 0 Å². The Labute approximate surface area is 165 Å². The lowest BCUT2D eigenvalue weighted by molar-refractivity contribution is 0.100. The molecule has 3 aromatic rings. The van der Waals surface area contributed by atoms with Gasteiger partial charge in [0, 0.05) is 16.5 Å². The smallest absolute Gasteiger partial charge is 0.278 e. The number of amides is 2. The molecule has 0 atom stereocenters. The SMILES string of the molecule is COc1cccc(-c2cc(C(=O)Nc3sc4c(c3C(N)=O)CCCC4)no2)c1. The minimum absolute atomic E-state index is 0.125. The summed E-state index contributed by atoms with van der Waals surface area (Å²) in [5, 5.41) is 7.13. The van der Waals surface area contributed by atoms with Crippen molar-refractivity contribution in [1.82, 2.24) is 5.16 Å². The van der Waals surface area contributed by atoms with Gasteiger partial charge in [-0.05, 0) is 43.4 Å². The third-order valence-electron chi connectivity index (χ3n) is 4.74. The normalized spacial score (nSPS) is 13.0. The van der Waals surface area contributed by atoms with Crippen molar-refractivity contribution >= 4 is 28.2 Å². The average Bonchev–Trinajstić information content (AvgIpc) is 3.32. The summed E-state index contributed by atoms with van der Waals surface area (Å²) in [6.07, 6.45) is 3.81. The van der Waals surface area contributed by atoms with E-state index in [2.05, 4.69) is 10.5 Å². The van der Waals surface area contributed by atoms with Crippen LogP contribution in [0.3, 0.4) is 0 Å². The van der Waals surface area contributed by atoms with Gasteiger partial charge in [0.2, 0.25) is 0 Å². The number of hydrogen-bond acceptors (Lipinski definition) is 6. The van der Waals surface area contributed by atoms with Gasteiger partial charge in [0.1, 0.15) is 10.8 Å². The standard InChI is InChI=1S/C20H19N3O4S/c1-26-12-6-4-5-11(9-12)15-10-14(23-27-15)19(25)22-20-17(18(21)24)13-7-2-3-8-16(13)28-20/h4-6,9-10H,2-3,7-8H2,1H3,(H2,21,24)(H,22,25). The fourth-order valence-corrected chi connectivity index (χ4v) is 4.67. The van der Waals surface area contributed by atoms with E-state index in [1.807, 2.05) is 18.2 Å². The third-order valence-corrected chi connectivity index (χ3v) is 5.95. The second kappa shape index (κ2) is 7.47. The molecular formula is C20H19N3O4S. The first-order valence-corrected chi connectivity index (χ1v) is 9.75. The maximum Gasteiger partial charge on any atom is 0.278 e. The molecule has 0 saturated heterocycles. The van der Waals surface area contributed by atoms with E-state index in [9.17, 15) is 9.59 Å². The van der Waals surface area contributed by atoms with Crippen LogP contribution >= 0.6 is 11.3 Å². The van der Waals surface area contributed by atoms with E-state index < -0.39 is 11.8 Å². The van der Waals surface area contributed by atoms with Gasteiger partial charge in [-0.1, -0.05) is 17.3 Å². The Morgan fingerprint density at radius 3 is 2.86 bits per heavy atom. The number of fused-ring (bicyclic) bond motifs is 1. The molecule has 0 bridgehead atoms. The molecule has 1 aromatic carbocycles. The molecule has 8 heteroatoms. The summed E-state index contributed by atoms with van der Waals surface area (Å²) < 4.78 is 10.5. The second-order valence-corrected chi connectivity index (χ2v) is 7.65. The molecule has 0 spiro atoms. The van der Waals surface area contributed by atoms with E-state index >= 15 is 0 Å². The zero-order chi connectivity index (χ0) is 19.7. The van der Waals surface area contributed by atoms with Crippen molar-refractivity contribution in [3.05, 3.63) is 52.0 Å². The van der Waals surface area contributed by atoms with Gasteiger partial charge in [-0.2, -0.15) is 0 Å². The highest BCUT2D eigenvalue weighted by Crippen LogP contribution is 2.38. The molecule has 28 heavy (non-hydrogen) atoms. The van der Waals surface area contributed by atoms with E-state index in [1.54, 1.807) is 19.2 Å². The highest BCUT2D eigenvalue weighted by Gasteiger charge is 2.26. The Morgan fingerprint density at radius 2 is 2.07 bits per heavy atom. The number of anilines is 1. The minimum Gasteiger partial charge on any atom is -0.497 e. The van der Waals surface area contributed by atoms with Crippen LogP contribution in [0.2, 0.25) is 0 Å². The van der Waals surface area contributed by atoms with Crippen LogP contribution in [0.25, 0.3) is 11.3 Å². The fourth-order valence-electron chi connectivity index (χ4n) is 3.38. The summed E-state index contributed by atoms with van der Waals surface area (Å²) in [5.41, 5.74) is 7.84. The zero-order valence-corrected chi connectivity index (χ0v) is 16.1. The van der Waals surface area contributed by atoms with Crippen molar-refractivity contribution in [2.24, 2.45) is 5.73 Å². The average molecular weight is 397 g/mol. The number of benzene rings is 1. The molecule has 4 rings (SSSR count). The molecule has 0 fully saturated rings. The van der Waals surface area contributed by atoms with Crippen LogP contribution in [0.4, 0.5) is 5.00 Å². The van der Waals surface area contributed by atoms with E-state index in [-0.39, 0.29) is 5.69 Å². The number of aryl methyl sites for hydroxylation is 1. The Kier molecular flexibility index (Phi) is 4.87. The van der Waals surface area contributed by atoms with Gasteiger partial charge in [0.15, 0.2) is 11.5 Å². The molecule has 1 aliphatic carbocycles. The largest absolute Gasteiger partial charge is 0.497 e. The summed E-state index contributed by atoms with van der Waals surface area (Å²) >= 11 is 1.41. The van der Waals surface area contributed by atoms with E-state index in [0.29, 0.717) is 22.1 Å². The maximum absolute atomic E-state index is 12.7. The monoisotopic (exact) mass is 397 g/mol. The Bertz CT molecular complexity index is 1050. The first-order valence-electron chi connectivity index (χ1n) is 8.93. The molecule has 0 unspecified atom stereocenters. The van der Waals surface area contributed by atoms with E-state index in [0.717, 1.165) is 41.7 Å². The number of thiophene rings is 1. The number of methoxy groups -OCH3 is 1. The maximum atomic E-state index is 12.7. The van der Waals surface area contributed by atoms with Crippen LogP contribution in [0.15, 0.2) is 34.9 Å². The number of ether oxygens (including phenoxy) is 1. The molecule has 144 valence electrons. The minimum atomic E-state index is -0.521. The number of hydrogen-bond donors (Lipinski definition) is 2. The van der Waals surface area contributed by atoms with Gasteiger partial charge in [-0.15, -0.1) is 11.3 Å². The molecule has 0 radical (unpaired) electrons. The molecule has 0 saturated carbocycles. The van der Waals surface area contributed by atoms with Gasteiger partial charge in [-0.3, -0.25) is 9.59 Å². The third kappa shape index (κ3) is 3.38. The first-order chi connectivity index (χ1) is 13.6. The van der Waals surface area contributed by atoms with Crippen molar-refractivity contribution in [3.8, 4) is 17.1 Å². The molecule has 3 N–H and O–H groups in total. The molecular weight excluding hydrogens is 378 g/mol. The van der Waals surface area contributed by atoms with Gasteiger partial charge in [0.25, 0.3) is 11.8 Å². The predicted molar refractivity (Wildman–Crippen MR) is 106 cm³/mol. The highest BCUT2D eigenvalue weighted by molar-refractivity contribution is 7.17. The molecule has 2 heterocycles. The number of nitrogens with zero attached hydrogens (tertiary/aromatic N) is 1. The molecule has 2 aromatic heterocycles. The molecule has 1 aliphatic rings. The van der Waals surface area contributed by atoms with Gasteiger partial charge in [-0.25, -0.2) is 0 Å². The van der Waals surface area contributed by atoms with Crippen molar-refractivity contribution in [3.63, 3.8) is 0 Å². The number of primary amides is 1. The molecule has 2 amide bonds. The lowest BCUT2D eigenvalue weighted by Gasteiger charge is -2.11. The summed E-state index contributed by atoms with van der Waals surface area (Å²) in [7, 11) is 1.58. The number of carbonyl (C=O) groups excluding carboxylic acids is 2. The van der Waals surface area contributed by atoms with Crippen LogP contribution in [0.5, 0.6) is 5.75 Å². The molecule has 0 aliphatic heterocycles. The summed E-state index contributed by atoms with van der Waals surface area (Å²) in [6.45, 7) is 0. The zero-order valence-electron chi connectivity index (χ0n) is 15.3. The highest BCUT2D eigenvalue weighted by atomic mass is 32.1. The fraction of sp³-hybridized carbons (Fsp3) is 0.250. The van der Waals surface area contributed by atoms with Crippen LogP contribution < -0.4 is 15.8 Å². The number of aromatic nitrogens is 1. The van der Waals surface area contributed by atoms with Crippen molar-refractivity contribution in [1.29, 1.82) is 0 Å². The number of nitrogens with two attached hydrogens (primary N) is 1. The van der Waals surface area contributed by atoms with Crippen LogP contribution in [-0.4, -0.2) is 24.1 Å². The predicted octanol–water partition coefficient (Wildman–Crippen LogP) is 3.64. The quantitative estimate of drug-likeness (QED) is 0.683. The van der Waals surface area contributed by atoms with Gasteiger partial charge in [0.05, 0.1) is 12.7 Å². The molecule has 7 nitrogen and oxygen atoms in total. The first kappa shape index (κ1) is 18.2. The van der Waals surface area contributed by atoms with Crippen LogP contribution in [0.1, 0.15) is 44.1 Å². The number of nitrogens with one attached hydrogen (secondary N) is 1. The van der Waals surface area contributed by atoms with Crippen molar-refractivity contribution < 1.29 is 18.8 Å². The lowest BCUT2D eigenvalue weighted by atomic mass is 9.95. The van der Waals surface area contributed by atoms with E-state index in [4.69, 9.17) is 15.0 Å². The second-order valence-electron chi connectivity index (χ2n) is 6.54. The van der Waals surface area contributed by atoms with Gasteiger partial charge < -0.3 is 20.3 Å². The van der Waals surface area contributed by atoms with Crippen LogP contribution in [-0.2, 0) is 12.8 Å². The van der Waals surface area contributed by atoms with Crippen molar-refractivity contribution in [2.45, 2.75) is 25.7 Å². The number of rotatable bonds is 5. The Morgan fingerprint density at radius 1 is 1.25 bits per heavy atom. The Balaban J connectivity index is 1.59. The van der Waals surface area contributed by atoms with Gasteiger partial charge >= 0.3 is 0 Å². The number of carbonyl (C=O) groups is 2. The lowest BCUT2D eigenvalue weighted by Crippen LogP contribution is -2.18.